The van der Waals surface area contributed by atoms with E-state index in [1.807, 2.05) is 12.1 Å². The quantitative estimate of drug-likeness (QED) is 0.606. The van der Waals surface area contributed by atoms with Gasteiger partial charge < -0.3 is 5.32 Å². The highest BCUT2D eigenvalue weighted by Crippen LogP contribution is 2.31. The maximum absolute atomic E-state index is 10.6. The molecule has 4 heteroatoms. The molecule has 104 valence electrons. The molecule has 1 fully saturated rings. The fourth-order valence-electron chi connectivity index (χ4n) is 2.59. The Morgan fingerprint density at radius 1 is 1.37 bits per heavy atom. The molecule has 1 unspecified atom stereocenters. The second-order valence-corrected chi connectivity index (χ2v) is 5.38. The molecule has 0 aliphatic heterocycles. The van der Waals surface area contributed by atoms with E-state index in [-0.39, 0.29) is 10.6 Å². The van der Waals surface area contributed by atoms with Crippen LogP contribution in [0.4, 0.5) is 5.69 Å². The van der Waals surface area contributed by atoms with E-state index in [9.17, 15) is 10.1 Å². The number of benzene rings is 1. The van der Waals surface area contributed by atoms with Crippen LogP contribution in [0.3, 0.4) is 0 Å². The Morgan fingerprint density at radius 3 is 2.53 bits per heavy atom. The molecule has 0 saturated heterocycles. The van der Waals surface area contributed by atoms with Crippen molar-refractivity contribution in [2.45, 2.75) is 45.1 Å². The van der Waals surface area contributed by atoms with Crippen LogP contribution in [-0.2, 0) is 6.42 Å². The van der Waals surface area contributed by atoms with E-state index in [0.717, 1.165) is 25.3 Å². The van der Waals surface area contributed by atoms with Crippen LogP contribution in [0.15, 0.2) is 24.3 Å². The number of nitrogens with one attached hydrogen (secondary N) is 1. The first-order valence-electron chi connectivity index (χ1n) is 7.17. The van der Waals surface area contributed by atoms with E-state index in [4.69, 9.17) is 0 Å². The molecule has 19 heavy (non-hydrogen) atoms. The zero-order valence-electron chi connectivity index (χ0n) is 11.5. The second-order valence-electron chi connectivity index (χ2n) is 5.38. The van der Waals surface area contributed by atoms with Crippen LogP contribution >= 0.6 is 0 Å². The molecule has 1 aromatic carbocycles. The summed E-state index contributed by atoms with van der Waals surface area (Å²) in [5, 5.41) is 14.3. The molecule has 0 spiro atoms. The number of nitro groups is 1. The fraction of sp³-hybridized carbons (Fsp3) is 0.600. The molecule has 1 atom stereocenters. The molecule has 1 aromatic rings. The van der Waals surface area contributed by atoms with Gasteiger partial charge in [0.15, 0.2) is 0 Å². The van der Waals surface area contributed by atoms with Crippen LogP contribution in [-0.4, -0.2) is 17.5 Å². The van der Waals surface area contributed by atoms with Gasteiger partial charge in [-0.25, -0.2) is 0 Å². The van der Waals surface area contributed by atoms with Crippen molar-refractivity contribution in [3.05, 3.63) is 39.9 Å². The van der Waals surface area contributed by atoms with E-state index < -0.39 is 0 Å². The Bertz CT molecular complexity index is 413. The third-order valence-electron chi connectivity index (χ3n) is 3.98. The minimum absolute atomic E-state index is 0.172. The molecular weight excluding hydrogens is 240 g/mol. The van der Waals surface area contributed by atoms with Crippen LogP contribution < -0.4 is 5.32 Å². The molecule has 4 nitrogen and oxygen atoms in total. The average Bonchev–Trinajstić information content (AvgIpc) is 2.34. The van der Waals surface area contributed by atoms with E-state index in [1.165, 1.54) is 24.8 Å². The van der Waals surface area contributed by atoms with Gasteiger partial charge >= 0.3 is 0 Å². The van der Waals surface area contributed by atoms with Crippen molar-refractivity contribution in [2.75, 3.05) is 6.54 Å². The Kier molecular flexibility index (Phi) is 4.91. The lowest BCUT2D eigenvalue weighted by atomic mass is 9.77. The third-order valence-corrected chi connectivity index (χ3v) is 3.98. The number of hydrogen-bond acceptors (Lipinski definition) is 3. The smallest absolute Gasteiger partial charge is 0.269 e. The van der Waals surface area contributed by atoms with Gasteiger partial charge in [0.1, 0.15) is 0 Å². The van der Waals surface area contributed by atoms with Gasteiger partial charge in [0.05, 0.1) is 4.92 Å². The van der Waals surface area contributed by atoms with Crippen LogP contribution in [0.25, 0.3) is 0 Å². The van der Waals surface area contributed by atoms with Crippen molar-refractivity contribution in [1.82, 2.24) is 5.32 Å². The third kappa shape index (κ3) is 3.77. The minimum atomic E-state index is -0.345. The molecule has 0 bridgehead atoms. The highest BCUT2D eigenvalue weighted by atomic mass is 16.6. The van der Waals surface area contributed by atoms with Gasteiger partial charge in [-0.15, -0.1) is 0 Å². The van der Waals surface area contributed by atoms with Gasteiger partial charge in [0.25, 0.3) is 5.69 Å². The zero-order valence-corrected chi connectivity index (χ0v) is 11.5. The molecule has 0 amide bonds. The van der Waals surface area contributed by atoms with E-state index >= 15 is 0 Å². The maximum Gasteiger partial charge on any atom is 0.269 e. The second kappa shape index (κ2) is 6.66. The molecule has 1 aliphatic rings. The van der Waals surface area contributed by atoms with Gasteiger partial charge in [-0.1, -0.05) is 25.5 Å². The predicted molar refractivity (Wildman–Crippen MR) is 76.2 cm³/mol. The number of nitrogens with zero attached hydrogens (tertiary/aromatic N) is 1. The van der Waals surface area contributed by atoms with Crippen LogP contribution in [0.5, 0.6) is 0 Å². The Balaban J connectivity index is 1.97. The molecule has 1 aliphatic carbocycles. The summed E-state index contributed by atoms with van der Waals surface area (Å²) in [4.78, 5) is 10.3. The SMILES string of the molecule is CCCNC(Cc1ccc([N+](=O)[O-])cc1)C1CCC1. The maximum atomic E-state index is 10.6. The minimum Gasteiger partial charge on any atom is -0.313 e. The van der Waals surface area contributed by atoms with Crippen molar-refractivity contribution in [3.8, 4) is 0 Å². The highest BCUT2D eigenvalue weighted by molar-refractivity contribution is 5.33. The average molecular weight is 262 g/mol. The van der Waals surface area contributed by atoms with Crippen LogP contribution in [0.1, 0.15) is 38.2 Å². The van der Waals surface area contributed by atoms with E-state index in [0.29, 0.717) is 6.04 Å². The molecule has 1 N–H and O–H groups in total. The van der Waals surface area contributed by atoms with Crippen molar-refractivity contribution >= 4 is 5.69 Å². The van der Waals surface area contributed by atoms with Crippen LogP contribution in [0.2, 0.25) is 0 Å². The number of rotatable bonds is 7. The van der Waals surface area contributed by atoms with Crippen molar-refractivity contribution in [2.24, 2.45) is 5.92 Å². The lowest BCUT2D eigenvalue weighted by Gasteiger charge is -2.34. The highest BCUT2D eigenvalue weighted by Gasteiger charge is 2.26. The summed E-state index contributed by atoms with van der Waals surface area (Å²) in [5.74, 6) is 0.779. The van der Waals surface area contributed by atoms with Gasteiger partial charge in [-0.05, 0) is 43.7 Å². The molecule has 0 heterocycles. The van der Waals surface area contributed by atoms with E-state index in [1.54, 1.807) is 12.1 Å². The summed E-state index contributed by atoms with van der Waals surface area (Å²) in [6.45, 7) is 3.23. The first-order chi connectivity index (χ1) is 9.20. The Hall–Kier alpha value is -1.42. The molecule has 0 aromatic heterocycles. The van der Waals surface area contributed by atoms with Crippen molar-refractivity contribution < 1.29 is 4.92 Å². The van der Waals surface area contributed by atoms with Gasteiger partial charge in [-0.2, -0.15) is 0 Å². The first-order valence-corrected chi connectivity index (χ1v) is 7.17. The number of nitro benzene ring substituents is 1. The summed E-state index contributed by atoms with van der Waals surface area (Å²) in [5.41, 5.74) is 1.36. The zero-order chi connectivity index (χ0) is 13.7. The Labute approximate surface area is 114 Å². The molecule has 1 saturated carbocycles. The summed E-state index contributed by atoms with van der Waals surface area (Å²) >= 11 is 0. The Morgan fingerprint density at radius 2 is 2.05 bits per heavy atom. The summed E-state index contributed by atoms with van der Waals surface area (Å²) in [6.07, 6.45) is 6.09. The largest absolute Gasteiger partial charge is 0.313 e. The fourth-order valence-corrected chi connectivity index (χ4v) is 2.59. The monoisotopic (exact) mass is 262 g/mol. The van der Waals surface area contributed by atoms with Gasteiger partial charge in [-0.3, -0.25) is 10.1 Å². The normalized spacial score (nSPS) is 16.9. The summed E-state index contributed by atoms with van der Waals surface area (Å²) in [7, 11) is 0. The molecule has 0 radical (unpaired) electrons. The lowest BCUT2D eigenvalue weighted by Crippen LogP contribution is -2.41. The van der Waals surface area contributed by atoms with Crippen LogP contribution in [0, 0.1) is 16.0 Å². The molecule has 2 rings (SSSR count). The van der Waals surface area contributed by atoms with E-state index in [2.05, 4.69) is 12.2 Å². The van der Waals surface area contributed by atoms with Gasteiger partial charge in [0, 0.05) is 18.2 Å². The summed E-state index contributed by atoms with van der Waals surface area (Å²) in [6, 6.07) is 7.50. The standard InChI is InChI=1S/C15H22N2O2/c1-2-10-16-15(13-4-3-5-13)11-12-6-8-14(9-7-12)17(18)19/h6-9,13,15-16H,2-5,10-11H2,1H3. The molecular formula is C15H22N2O2. The topological polar surface area (TPSA) is 55.2 Å². The lowest BCUT2D eigenvalue weighted by molar-refractivity contribution is -0.384. The summed E-state index contributed by atoms with van der Waals surface area (Å²) < 4.78 is 0. The number of hydrogen-bond donors (Lipinski definition) is 1. The van der Waals surface area contributed by atoms with Crippen molar-refractivity contribution in [3.63, 3.8) is 0 Å². The predicted octanol–water partition coefficient (Wildman–Crippen LogP) is 3.31. The number of non-ortho nitro benzene ring substituents is 1. The first kappa shape index (κ1) is 14.0. The van der Waals surface area contributed by atoms with Crippen molar-refractivity contribution in [1.29, 1.82) is 0 Å². The van der Waals surface area contributed by atoms with Gasteiger partial charge in [0.2, 0.25) is 0 Å².